The van der Waals surface area contributed by atoms with Crippen LogP contribution in [-0.2, 0) is 19.5 Å². The molecule has 1 atom stereocenters. The first-order chi connectivity index (χ1) is 13.1. The van der Waals surface area contributed by atoms with Gasteiger partial charge in [-0.3, -0.25) is 9.80 Å². The van der Waals surface area contributed by atoms with Crippen LogP contribution in [0, 0.1) is 5.92 Å². The molecule has 2 aromatic carbocycles. The van der Waals surface area contributed by atoms with E-state index >= 15 is 0 Å². The Morgan fingerprint density at radius 3 is 2.41 bits per heavy atom. The molecule has 3 rings (SSSR count). The summed E-state index contributed by atoms with van der Waals surface area (Å²) in [5, 5.41) is 0. The van der Waals surface area contributed by atoms with Crippen LogP contribution in [-0.4, -0.2) is 35.5 Å². The molecule has 27 heavy (non-hydrogen) atoms. The molecule has 2 aromatic rings. The Morgan fingerprint density at radius 2 is 1.67 bits per heavy atom. The zero-order chi connectivity index (χ0) is 19.1. The second-order valence-electron chi connectivity index (χ2n) is 8.50. The van der Waals surface area contributed by atoms with Gasteiger partial charge in [-0.2, -0.15) is 0 Å². The topological polar surface area (TPSA) is 6.48 Å². The molecule has 0 unspecified atom stereocenters. The molecular weight excluding hydrogens is 328 g/mol. The van der Waals surface area contributed by atoms with Crippen LogP contribution < -0.4 is 0 Å². The largest absolute Gasteiger partial charge is 0.299 e. The zero-order valence-electron chi connectivity index (χ0n) is 17.4. The van der Waals surface area contributed by atoms with Gasteiger partial charge in [0.05, 0.1) is 0 Å². The molecular formula is C25H36N2. The average molecular weight is 365 g/mol. The van der Waals surface area contributed by atoms with Crippen LogP contribution in [0.4, 0.5) is 0 Å². The van der Waals surface area contributed by atoms with Crippen LogP contribution in [0.2, 0.25) is 0 Å². The number of likely N-dealkylation sites (tertiary alicyclic amines) is 1. The summed E-state index contributed by atoms with van der Waals surface area (Å²) in [6, 6.07) is 20.9. The molecule has 1 fully saturated rings. The van der Waals surface area contributed by atoms with E-state index in [4.69, 9.17) is 0 Å². The maximum Gasteiger partial charge on any atom is 0.0238 e. The summed E-state index contributed by atoms with van der Waals surface area (Å²) in [5.74, 6) is 0.706. The van der Waals surface area contributed by atoms with Crippen molar-refractivity contribution in [3.8, 4) is 0 Å². The van der Waals surface area contributed by atoms with Gasteiger partial charge in [0.25, 0.3) is 0 Å². The lowest BCUT2D eigenvalue weighted by Crippen LogP contribution is -2.39. The maximum atomic E-state index is 2.66. The van der Waals surface area contributed by atoms with Crippen molar-refractivity contribution < 1.29 is 0 Å². The van der Waals surface area contributed by atoms with Gasteiger partial charge in [0.1, 0.15) is 0 Å². The fourth-order valence-corrected chi connectivity index (χ4v) is 4.43. The standard InChI is InChI=1S/C25H36N2/c1-4-27-15-9-14-25(27)20-26(18-22-10-6-5-7-11-22)19-24-13-8-12-23(17-24)16-21(2)3/h5-8,10-13,17,21,25H,4,9,14-16,18-20H2,1-3H3/t25-/m1/s1. The smallest absolute Gasteiger partial charge is 0.0238 e. The van der Waals surface area contributed by atoms with Crippen LogP contribution in [0.15, 0.2) is 54.6 Å². The minimum atomic E-state index is 0.706. The van der Waals surface area contributed by atoms with Gasteiger partial charge in [0.15, 0.2) is 0 Å². The first-order valence-electron chi connectivity index (χ1n) is 10.7. The van der Waals surface area contributed by atoms with Gasteiger partial charge in [-0.05, 0) is 55.0 Å². The number of hydrogen-bond acceptors (Lipinski definition) is 2. The van der Waals surface area contributed by atoms with Crippen LogP contribution >= 0.6 is 0 Å². The van der Waals surface area contributed by atoms with Gasteiger partial charge in [-0.25, -0.2) is 0 Å². The van der Waals surface area contributed by atoms with E-state index < -0.39 is 0 Å². The van der Waals surface area contributed by atoms with Gasteiger partial charge >= 0.3 is 0 Å². The molecule has 1 aliphatic rings. The average Bonchev–Trinajstić information content (AvgIpc) is 3.09. The number of rotatable bonds is 9. The van der Waals surface area contributed by atoms with Crippen molar-refractivity contribution in [2.75, 3.05) is 19.6 Å². The first kappa shape index (κ1) is 20.1. The van der Waals surface area contributed by atoms with Crippen molar-refractivity contribution in [2.45, 2.75) is 59.2 Å². The monoisotopic (exact) mass is 364 g/mol. The molecule has 1 heterocycles. The SMILES string of the molecule is CCN1CCC[C@@H]1CN(Cc1ccccc1)Cc1cccc(CC(C)C)c1. The number of nitrogens with zero attached hydrogens (tertiary/aromatic N) is 2. The summed E-state index contributed by atoms with van der Waals surface area (Å²) < 4.78 is 0. The molecule has 0 radical (unpaired) electrons. The summed E-state index contributed by atoms with van der Waals surface area (Å²) in [7, 11) is 0. The fraction of sp³-hybridized carbons (Fsp3) is 0.520. The molecule has 0 aromatic heterocycles. The minimum Gasteiger partial charge on any atom is -0.299 e. The molecule has 0 spiro atoms. The lowest BCUT2D eigenvalue weighted by molar-refractivity contribution is 0.166. The molecule has 146 valence electrons. The third-order valence-corrected chi connectivity index (χ3v) is 5.66. The van der Waals surface area contributed by atoms with Gasteiger partial charge < -0.3 is 0 Å². The van der Waals surface area contributed by atoms with Crippen LogP contribution in [0.5, 0.6) is 0 Å². The summed E-state index contributed by atoms with van der Waals surface area (Å²) in [6.07, 6.45) is 3.85. The molecule has 0 saturated carbocycles. The number of benzene rings is 2. The Balaban J connectivity index is 1.72. The maximum absolute atomic E-state index is 2.66. The van der Waals surface area contributed by atoms with E-state index in [1.54, 1.807) is 0 Å². The Bertz CT molecular complexity index is 680. The van der Waals surface area contributed by atoms with Crippen LogP contribution in [0.25, 0.3) is 0 Å². The fourth-order valence-electron chi connectivity index (χ4n) is 4.43. The van der Waals surface area contributed by atoms with Crippen molar-refractivity contribution in [3.63, 3.8) is 0 Å². The van der Waals surface area contributed by atoms with Crippen molar-refractivity contribution in [1.29, 1.82) is 0 Å². The Morgan fingerprint density at radius 1 is 0.963 bits per heavy atom. The lowest BCUT2D eigenvalue weighted by Gasteiger charge is -2.30. The van der Waals surface area contributed by atoms with Crippen molar-refractivity contribution in [3.05, 3.63) is 71.3 Å². The molecule has 0 bridgehead atoms. The number of likely N-dealkylation sites (N-methyl/N-ethyl adjacent to an activating group) is 1. The highest BCUT2D eigenvalue weighted by Crippen LogP contribution is 2.21. The molecule has 1 saturated heterocycles. The Hall–Kier alpha value is -1.64. The molecule has 0 aliphatic carbocycles. The van der Waals surface area contributed by atoms with E-state index in [9.17, 15) is 0 Å². The Kier molecular flexibility index (Phi) is 7.49. The van der Waals surface area contributed by atoms with Crippen molar-refractivity contribution in [2.24, 2.45) is 5.92 Å². The van der Waals surface area contributed by atoms with Gasteiger partial charge in [0, 0.05) is 25.7 Å². The van der Waals surface area contributed by atoms with E-state index in [0.29, 0.717) is 12.0 Å². The second kappa shape index (κ2) is 10.1. The summed E-state index contributed by atoms with van der Waals surface area (Å²) in [5.41, 5.74) is 4.33. The summed E-state index contributed by atoms with van der Waals surface area (Å²) in [4.78, 5) is 5.32. The third-order valence-electron chi connectivity index (χ3n) is 5.66. The van der Waals surface area contributed by atoms with E-state index in [1.165, 1.54) is 49.0 Å². The third kappa shape index (κ3) is 6.19. The predicted molar refractivity (Wildman–Crippen MR) is 116 cm³/mol. The first-order valence-corrected chi connectivity index (χ1v) is 10.7. The highest BCUT2D eigenvalue weighted by molar-refractivity contribution is 5.24. The zero-order valence-corrected chi connectivity index (χ0v) is 17.4. The highest BCUT2D eigenvalue weighted by Gasteiger charge is 2.25. The van der Waals surface area contributed by atoms with Crippen LogP contribution in [0.1, 0.15) is 50.3 Å². The summed E-state index contributed by atoms with van der Waals surface area (Å²) in [6.45, 7) is 12.6. The van der Waals surface area contributed by atoms with Crippen molar-refractivity contribution in [1.82, 2.24) is 9.80 Å². The van der Waals surface area contributed by atoms with Crippen molar-refractivity contribution >= 4 is 0 Å². The van der Waals surface area contributed by atoms with Gasteiger partial charge in [0.2, 0.25) is 0 Å². The normalized spacial score (nSPS) is 17.9. The van der Waals surface area contributed by atoms with Gasteiger partial charge in [-0.15, -0.1) is 0 Å². The molecule has 2 heteroatoms. The molecule has 0 N–H and O–H groups in total. The quantitative estimate of drug-likeness (QED) is 0.590. The minimum absolute atomic E-state index is 0.706. The predicted octanol–water partition coefficient (Wildman–Crippen LogP) is 5.37. The number of hydrogen-bond donors (Lipinski definition) is 0. The molecule has 1 aliphatic heterocycles. The molecule has 0 amide bonds. The Labute approximate surface area is 166 Å². The van der Waals surface area contributed by atoms with E-state index in [0.717, 1.165) is 19.6 Å². The lowest BCUT2D eigenvalue weighted by atomic mass is 10.0. The van der Waals surface area contributed by atoms with Gasteiger partial charge in [-0.1, -0.05) is 75.4 Å². The van der Waals surface area contributed by atoms with E-state index in [1.807, 2.05) is 0 Å². The van der Waals surface area contributed by atoms with E-state index in [-0.39, 0.29) is 0 Å². The van der Waals surface area contributed by atoms with E-state index in [2.05, 4.69) is 85.2 Å². The van der Waals surface area contributed by atoms with Crippen LogP contribution in [0.3, 0.4) is 0 Å². The highest BCUT2D eigenvalue weighted by atomic mass is 15.2. The molecule has 2 nitrogen and oxygen atoms in total. The summed E-state index contributed by atoms with van der Waals surface area (Å²) >= 11 is 0. The second-order valence-corrected chi connectivity index (χ2v) is 8.50.